The lowest BCUT2D eigenvalue weighted by atomic mass is 10.00. The summed E-state index contributed by atoms with van der Waals surface area (Å²) < 4.78 is 0. The predicted octanol–water partition coefficient (Wildman–Crippen LogP) is -0.786. The molecule has 2 atom stereocenters. The number of aliphatic hydroxyl groups excluding tert-OH is 2. The molecule has 0 saturated heterocycles. The maximum atomic E-state index is 10.6. The van der Waals surface area contributed by atoms with E-state index in [0.29, 0.717) is 0 Å². The molecule has 0 rings (SSSR count). The first kappa shape index (κ1) is 12.6. The van der Waals surface area contributed by atoms with Crippen molar-refractivity contribution in [1.82, 2.24) is 0 Å². The minimum absolute atomic E-state index is 0.701. The number of aliphatic hydroxyl groups is 2. The summed E-state index contributed by atoms with van der Waals surface area (Å²) in [4.78, 5) is 21.2. The van der Waals surface area contributed by atoms with Gasteiger partial charge < -0.3 is 20.4 Å². The van der Waals surface area contributed by atoms with Crippen LogP contribution in [-0.4, -0.2) is 44.6 Å². The van der Waals surface area contributed by atoms with Gasteiger partial charge in [-0.25, -0.2) is 9.59 Å². The van der Waals surface area contributed by atoms with Gasteiger partial charge in [-0.2, -0.15) is 0 Å². The van der Waals surface area contributed by atoms with Crippen LogP contribution in [0.5, 0.6) is 0 Å². The van der Waals surface area contributed by atoms with Crippen LogP contribution in [0.2, 0.25) is 0 Å². The van der Waals surface area contributed by atoms with Crippen LogP contribution in [0.15, 0.2) is 11.1 Å². The van der Waals surface area contributed by atoms with Gasteiger partial charge in [-0.1, -0.05) is 0 Å². The molecule has 0 spiro atoms. The van der Waals surface area contributed by atoms with E-state index in [9.17, 15) is 9.59 Å². The number of rotatable bonds is 4. The van der Waals surface area contributed by atoms with Crippen molar-refractivity contribution < 1.29 is 30.0 Å². The molecule has 0 aliphatic carbocycles. The molecule has 80 valence electrons. The Morgan fingerprint density at radius 2 is 1.07 bits per heavy atom. The van der Waals surface area contributed by atoms with E-state index >= 15 is 0 Å². The zero-order chi connectivity index (χ0) is 11.5. The topological polar surface area (TPSA) is 115 Å². The molecule has 0 heterocycles. The summed E-state index contributed by atoms with van der Waals surface area (Å²) in [5.74, 6) is -3.11. The Morgan fingerprint density at radius 1 is 0.857 bits per heavy atom. The lowest BCUT2D eigenvalue weighted by Gasteiger charge is -2.12. The first-order valence-electron chi connectivity index (χ1n) is 3.85. The largest absolute Gasteiger partial charge is 0.478 e. The number of carboxylic acids is 2. The van der Waals surface area contributed by atoms with Crippen LogP contribution in [0.25, 0.3) is 0 Å². The monoisotopic (exact) mass is 204 g/mol. The molecular formula is C8H12O6. The maximum absolute atomic E-state index is 10.6. The average Bonchev–Trinajstić information content (AvgIpc) is 1.96. The van der Waals surface area contributed by atoms with E-state index in [4.69, 9.17) is 20.4 Å². The molecule has 0 aromatic heterocycles. The highest BCUT2D eigenvalue weighted by Crippen LogP contribution is 2.14. The average molecular weight is 204 g/mol. The molecule has 0 fully saturated rings. The summed E-state index contributed by atoms with van der Waals surface area (Å²) in [5.41, 5.74) is -1.40. The van der Waals surface area contributed by atoms with Crippen molar-refractivity contribution >= 4 is 11.9 Å². The number of carboxylic acid groups (broad SMARTS) is 2. The normalized spacial score (nSPS) is 16.9. The highest BCUT2D eigenvalue weighted by atomic mass is 16.4. The summed E-state index contributed by atoms with van der Waals surface area (Å²) >= 11 is 0. The zero-order valence-electron chi connectivity index (χ0n) is 7.76. The van der Waals surface area contributed by atoms with Crippen molar-refractivity contribution in [3.8, 4) is 0 Å². The van der Waals surface area contributed by atoms with E-state index in [-0.39, 0.29) is 0 Å². The van der Waals surface area contributed by atoms with Crippen LogP contribution in [0, 0.1) is 0 Å². The zero-order valence-corrected chi connectivity index (χ0v) is 7.76. The molecule has 0 aromatic carbocycles. The fourth-order valence-corrected chi connectivity index (χ4v) is 1.04. The fourth-order valence-electron chi connectivity index (χ4n) is 1.04. The van der Waals surface area contributed by atoms with E-state index in [0.717, 1.165) is 13.8 Å². The van der Waals surface area contributed by atoms with E-state index in [1.54, 1.807) is 0 Å². The molecule has 0 amide bonds. The van der Waals surface area contributed by atoms with Crippen LogP contribution in [0.1, 0.15) is 13.8 Å². The smallest absolute Gasteiger partial charge is 0.334 e. The number of aliphatic carboxylic acids is 2. The standard InChI is InChI=1S/C8H12O6/c1-3(9)5(7(11)12)6(4(2)10)8(13)14/h3-4,9-10H,1-2H3,(H,11,12)(H,13,14). The van der Waals surface area contributed by atoms with Crippen molar-refractivity contribution in [2.24, 2.45) is 0 Å². The third-order valence-electron chi connectivity index (χ3n) is 1.59. The van der Waals surface area contributed by atoms with E-state index in [2.05, 4.69) is 0 Å². The third kappa shape index (κ3) is 2.82. The van der Waals surface area contributed by atoms with E-state index in [1.807, 2.05) is 0 Å². The molecule has 0 aliphatic heterocycles. The molecule has 0 saturated carbocycles. The molecule has 0 aliphatic rings. The molecule has 6 nitrogen and oxygen atoms in total. The van der Waals surface area contributed by atoms with Crippen molar-refractivity contribution in [3.63, 3.8) is 0 Å². The second-order valence-electron chi connectivity index (χ2n) is 2.79. The Hall–Kier alpha value is -1.40. The Kier molecular flexibility index (Phi) is 4.26. The summed E-state index contributed by atoms with van der Waals surface area (Å²) in [6.07, 6.45) is -2.90. The van der Waals surface area contributed by atoms with Crippen molar-refractivity contribution in [2.45, 2.75) is 26.1 Å². The summed E-state index contributed by atoms with van der Waals surface area (Å²) in [5, 5.41) is 35.3. The third-order valence-corrected chi connectivity index (χ3v) is 1.59. The highest BCUT2D eigenvalue weighted by Gasteiger charge is 2.26. The molecule has 0 radical (unpaired) electrons. The van der Waals surface area contributed by atoms with Gasteiger partial charge in [0.25, 0.3) is 0 Å². The van der Waals surface area contributed by atoms with Crippen LogP contribution in [-0.2, 0) is 9.59 Å². The van der Waals surface area contributed by atoms with Gasteiger partial charge in [-0.05, 0) is 13.8 Å². The molecule has 0 aromatic rings. The summed E-state index contributed by atoms with van der Waals surface area (Å²) in [6, 6.07) is 0. The molecule has 0 bridgehead atoms. The van der Waals surface area contributed by atoms with E-state index < -0.39 is 35.3 Å². The molecule has 4 N–H and O–H groups in total. The van der Waals surface area contributed by atoms with Gasteiger partial charge in [0, 0.05) is 0 Å². The van der Waals surface area contributed by atoms with Gasteiger partial charge in [0.15, 0.2) is 0 Å². The van der Waals surface area contributed by atoms with Crippen LogP contribution >= 0.6 is 0 Å². The van der Waals surface area contributed by atoms with Crippen LogP contribution in [0.3, 0.4) is 0 Å². The minimum Gasteiger partial charge on any atom is -0.478 e. The fraction of sp³-hybridized carbons (Fsp3) is 0.500. The molecular weight excluding hydrogens is 192 g/mol. The van der Waals surface area contributed by atoms with Crippen molar-refractivity contribution in [1.29, 1.82) is 0 Å². The first-order chi connectivity index (χ1) is 6.29. The Bertz CT molecular complexity index is 248. The molecule has 14 heavy (non-hydrogen) atoms. The Labute approximate surface area is 80.1 Å². The number of carbonyl (C=O) groups is 2. The number of hydrogen-bond donors (Lipinski definition) is 4. The second-order valence-corrected chi connectivity index (χ2v) is 2.79. The van der Waals surface area contributed by atoms with Crippen LogP contribution < -0.4 is 0 Å². The van der Waals surface area contributed by atoms with Gasteiger partial charge >= 0.3 is 11.9 Å². The van der Waals surface area contributed by atoms with Crippen molar-refractivity contribution in [2.75, 3.05) is 0 Å². The predicted molar refractivity (Wildman–Crippen MR) is 45.7 cm³/mol. The lowest BCUT2D eigenvalue weighted by Crippen LogP contribution is -2.25. The maximum Gasteiger partial charge on any atom is 0.334 e. The Morgan fingerprint density at radius 3 is 1.14 bits per heavy atom. The van der Waals surface area contributed by atoms with Gasteiger partial charge in [-0.15, -0.1) is 0 Å². The van der Waals surface area contributed by atoms with E-state index in [1.165, 1.54) is 0 Å². The van der Waals surface area contributed by atoms with Crippen molar-refractivity contribution in [3.05, 3.63) is 11.1 Å². The molecule has 6 heteroatoms. The SMILES string of the molecule is CC(O)C(C(=O)O)=C(C(=O)O)C(C)O. The first-order valence-corrected chi connectivity index (χ1v) is 3.85. The molecule has 2 unspecified atom stereocenters. The quantitative estimate of drug-likeness (QED) is 0.446. The highest BCUT2D eigenvalue weighted by molar-refractivity contribution is 6.00. The minimum atomic E-state index is -1.56. The van der Waals surface area contributed by atoms with Crippen LogP contribution in [0.4, 0.5) is 0 Å². The van der Waals surface area contributed by atoms with Gasteiger partial charge in [0.2, 0.25) is 0 Å². The van der Waals surface area contributed by atoms with Gasteiger partial charge in [0.05, 0.1) is 23.4 Å². The summed E-state index contributed by atoms with van der Waals surface area (Å²) in [7, 11) is 0. The Balaban J connectivity index is 5.51. The summed E-state index contributed by atoms with van der Waals surface area (Å²) in [6.45, 7) is 2.24. The van der Waals surface area contributed by atoms with Gasteiger partial charge in [-0.3, -0.25) is 0 Å². The number of hydrogen-bond acceptors (Lipinski definition) is 4. The van der Waals surface area contributed by atoms with Gasteiger partial charge in [0.1, 0.15) is 0 Å². The second kappa shape index (κ2) is 4.73. The lowest BCUT2D eigenvalue weighted by molar-refractivity contribution is -0.137.